The van der Waals surface area contributed by atoms with Crippen LogP contribution in [0.3, 0.4) is 0 Å². The smallest absolute Gasteiger partial charge is 0.407 e. The fourth-order valence-electron chi connectivity index (χ4n) is 0.245. The zero-order valence-electron chi connectivity index (χ0n) is 9.50. The Kier molecular flexibility index (Phi) is 22.3. The van der Waals surface area contributed by atoms with Crippen molar-refractivity contribution in [3.8, 4) is 0 Å². The van der Waals surface area contributed by atoms with Gasteiger partial charge in [-0.2, -0.15) is 4.94 Å². The Hall–Kier alpha value is 0.284. The Bertz CT molecular complexity index is 188. The van der Waals surface area contributed by atoms with Crippen molar-refractivity contribution in [2.45, 2.75) is 19.6 Å². The average molecular weight is 406 g/mol. The Labute approximate surface area is 131 Å². The molecule has 20 heavy (non-hydrogen) atoms. The summed E-state index contributed by atoms with van der Waals surface area (Å²) < 4.78 is 112. The fourth-order valence-corrected chi connectivity index (χ4v) is 0.245. The Morgan fingerprint density at radius 2 is 1.30 bits per heavy atom. The molecule has 0 aliphatic heterocycles. The molecule has 0 saturated carbocycles. The van der Waals surface area contributed by atoms with Gasteiger partial charge in [0.2, 0.25) is 6.86 Å². The Balaban J connectivity index is -0.000000134. The predicted molar refractivity (Wildman–Crippen MR) is 38.4 cm³/mol. The molecule has 0 aromatic rings. The van der Waals surface area contributed by atoms with Crippen LogP contribution in [0.4, 0.5) is 44.0 Å². The maximum Gasteiger partial charge on any atom is 0.529 e. The Morgan fingerprint density at radius 3 is 1.45 bits per heavy atom. The zero-order valence-corrected chi connectivity index (χ0v) is 12.3. The predicted octanol–water partition coefficient (Wildman–Crippen LogP) is 4.26. The van der Waals surface area contributed by atoms with Crippen molar-refractivity contribution < 1.29 is 91.2 Å². The van der Waals surface area contributed by atoms with Gasteiger partial charge in [-0.1, -0.05) is 0 Å². The van der Waals surface area contributed by atoms with Gasteiger partial charge in [-0.3, -0.25) is 4.39 Å². The summed E-state index contributed by atoms with van der Waals surface area (Å²) in [4.78, 5) is 2.38. The molecule has 0 aliphatic carbocycles. The van der Waals surface area contributed by atoms with Gasteiger partial charge < -0.3 is 13.5 Å². The molecule has 0 N–H and O–H groups in total. The van der Waals surface area contributed by atoms with E-state index in [2.05, 4.69) is 9.68 Å². The van der Waals surface area contributed by atoms with Crippen LogP contribution in [0.2, 0.25) is 0 Å². The number of hydrogen-bond acceptors (Lipinski definition) is 3. The molecule has 1 radical (unpaired) electrons. The average Bonchev–Trinajstić information content (AvgIpc) is 2.13. The molecule has 0 saturated heterocycles. The third-order valence-electron chi connectivity index (χ3n) is 0.472. The minimum atomic E-state index is -5.75. The van der Waals surface area contributed by atoms with Gasteiger partial charge in [-0.05, 0) is 11.4 Å². The maximum atomic E-state index is 11.5. The van der Waals surface area contributed by atoms with Crippen LogP contribution in [0.5, 0.6) is 0 Å². The summed E-state index contributed by atoms with van der Waals surface area (Å²) in [6.45, 7) is -3.47. The minimum Gasteiger partial charge on any atom is -0.407 e. The molecule has 0 fully saturated rings. The molecule has 0 heterocycles. The van der Waals surface area contributed by atoms with E-state index < -0.39 is 26.1 Å². The molecular formula is C6H7F10O3Y-. The minimum absolute atomic E-state index is 0. The number of ether oxygens (including phenoxy) is 2. The summed E-state index contributed by atoms with van der Waals surface area (Å²) in [5, 5.41) is 0. The second kappa shape index (κ2) is 15.7. The molecule has 0 unspecified atom stereocenters. The second-order valence-corrected chi connectivity index (χ2v) is 1.82. The maximum absolute atomic E-state index is 11.5. The van der Waals surface area contributed by atoms with E-state index >= 15 is 0 Å². The fraction of sp³-hybridized carbons (Fsp3) is 0.833. The number of alkyl halides is 7. The van der Waals surface area contributed by atoms with Gasteiger partial charge in [0.25, 0.3) is 0 Å². The summed E-state index contributed by atoms with van der Waals surface area (Å²) in [5.41, 5.74) is 0. The molecule has 0 rings (SSSR count). The van der Waals surface area contributed by atoms with Crippen molar-refractivity contribution >= 4 is 0 Å². The van der Waals surface area contributed by atoms with Gasteiger partial charge in [0, 0.05) is 32.7 Å². The van der Waals surface area contributed by atoms with Gasteiger partial charge in [-0.25, -0.2) is 9.13 Å². The van der Waals surface area contributed by atoms with Crippen molar-refractivity contribution in [1.29, 1.82) is 0 Å². The van der Waals surface area contributed by atoms with Crippen molar-refractivity contribution in [3.05, 3.63) is 6.61 Å². The van der Waals surface area contributed by atoms with Crippen LogP contribution in [0.1, 0.15) is 6.92 Å². The standard InChI is InChI=1S/C3F7O2.C2H5F.CH2F2O.Y/c4-1(5)11-3(9,10)12-2(6,7)8;1-2-3;2-1-4-3;/h;2H2,1H3;1H2;/q-1;;;. The van der Waals surface area contributed by atoms with Crippen molar-refractivity contribution in [3.63, 3.8) is 0 Å². The van der Waals surface area contributed by atoms with Gasteiger partial charge >= 0.3 is 12.7 Å². The van der Waals surface area contributed by atoms with Gasteiger partial charge in [0.1, 0.15) is 6.61 Å². The van der Waals surface area contributed by atoms with Crippen LogP contribution in [-0.2, 0) is 47.1 Å². The summed E-state index contributed by atoms with van der Waals surface area (Å²) >= 11 is 0. The van der Waals surface area contributed by atoms with Crippen LogP contribution in [0.25, 0.3) is 0 Å². The summed E-state index contributed by atoms with van der Waals surface area (Å²) in [7, 11) is 0. The topological polar surface area (TPSA) is 27.7 Å². The first-order valence-electron chi connectivity index (χ1n) is 3.82. The summed E-state index contributed by atoms with van der Waals surface area (Å²) in [6, 6.07) is 0. The molecule has 14 heteroatoms. The molecule has 123 valence electrons. The monoisotopic (exact) mass is 406 g/mol. The quantitative estimate of drug-likeness (QED) is 0.397. The van der Waals surface area contributed by atoms with Gasteiger partial charge in [0.15, 0.2) is 0 Å². The van der Waals surface area contributed by atoms with Crippen molar-refractivity contribution in [1.82, 2.24) is 0 Å². The van der Waals surface area contributed by atoms with Crippen LogP contribution >= 0.6 is 0 Å². The molecule has 0 aromatic carbocycles. The molecule has 0 aliphatic rings. The molecule has 0 spiro atoms. The van der Waals surface area contributed by atoms with Crippen molar-refractivity contribution in [2.75, 3.05) is 13.5 Å². The second-order valence-electron chi connectivity index (χ2n) is 1.82. The third-order valence-corrected chi connectivity index (χ3v) is 0.472. The molecule has 0 aromatic heterocycles. The van der Waals surface area contributed by atoms with E-state index in [0.29, 0.717) is 0 Å². The van der Waals surface area contributed by atoms with Gasteiger partial charge in [-0.15, -0.1) is 22.0 Å². The first-order valence-corrected chi connectivity index (χ1v) is 3.82. The van der Waals surface area contributed by atoms with E-state index in [1.807, 2.05) is 4.74 Å². The largest absolute Gasteiger partial charge is 0.529 e. The van der Waals surface area contributed by atoms with Crippen molar-refractivity contribution in [2.24, 2.45) is 0 Å². The molecular weight excluding hydrogens is 399 g/mol. The molecule has 0 amide bonds. The number of rotatable bonds is 4. The van der Waals surface area contributed by atoms with E-state index in [4.69, 9.17) is 0 Å². The van der Waals surface area contributed by atoms with Crippen LogP contribution < -0.4 is 0 Å². The van der Waals surface area contributed by atoms with E-state index in [-0.39, 0.29) is 39.4 Å². The summed E-state index contributed by atoms with van der Waals surface area (Å²) in [5.74, 6) is 0. The van der Waals surface area contributed by atoms with E-state index in [0.717, 1.165) is 0 Å². The third kappa shape index (κ3) is 36.2. The Morgan fingerprint density at radius 1 is 1.00 bits per heavy atom. The van der Waals surface area contributed by atoms with E-state index in [1.54, 1.807) is 0 Å². The first-order chi connectivity index (χ1) is 8.45. The molecule has 3 nitrogen and oxygen atoms in total. The molecule has 0 bridgehead atoms. The van der Waals surface area contributed by atoms with Crippen LogP contribution in [-0.4, -0.2) is 26.2 Å². The number of hydrogen-bond donors (Lipinski definition) is 0. The van der Waals surface area contributed by atoms with Gasteiger partial charge in [0.05, 0.1) is 6.67 Å². The van der Waals surface area contributed by atoms with Crippen LogP contribution in [0, 0.1) is 6.61 Å². The van der Waals surface area contributed by atoms with E-state index in [9.17, 15) is 44.0 Å². The summed E-state index contributed by atoms with van der Waals surface area (Å²) in [6.07, 6.45) is -11.2. The zero-order chi connectivity index (χ0) is 16.1. The number of halogens is 10. The van der Waals surface area contributed by atoms with E-state index in [1.165, 1.54) is 6.92 Å². The SMILES string of the molecule is CCF.FCOF.F[C-](F)OC(F)(F)OC(F)(F)F.[Y]. The molecule has 0 atom stereocenters. The first kappa shape index (κ1) is 28.4. The van der Waals surface area contributed by atoms with Crippen LogP contribution in [0.15, 0.2) is 0 Å². The normalized spacial score (nSPS) is 10.8.